The van der Waals surface area contributed by atoms with Gasteiger partial charge >= 0.3 is 0 Å². The zero-order valence-electron chi connectivity index (χ0n) is 17.3. The molecule has 12 heteroatoms. The number of nitrogens with one attached hydrogen (secondary N) is 3. The molecule has 1 aromatic carbocycles. The Hall–Kier alpha value is -3.28. The van der Waals surface area contributed by atoms with Crippen LogP contribution in [0.15, 0.2) is 35.5 Å². The number of carbonyl (C=O) groups excluding carboxylic acids is 1. The van der Waals surface area contributed by atoms with E-state index in [1.165, 1.54) is 18.2 Å². The summed E-state index contributed by atoms with van der Waals surface area (Å²) in [7, 11) is 1.81. The van der Waals surface area contributed by atoms with Gasteiger partial charge in [-0.1, -0.05) is 11.6 Å². The minimum Gasteiger partial charge on any atom is -0.354 e. The molecule has 0 bridgehead atoms. The van der Waals surface area contributed by atoms with Crippen LogP contribution in [-0.2, 0) is 4.79 Å². The summed E-state index contributed by atoms with van der Waals surface area (Å²) >= 11 is 5.82. The number of hydroxylamine groups is 1. The van der Waals surface area contributed by atoms with Crippen LogP contribution in [0.5, 0.6) is 0 Å². The molecule has 0 unspecified atom stereocenters. The van der Waals surface area contributed by atoms with Crippen molar-refractivity contribution < 1.29 is 14.4 Å². The van der Waals surface area contributed by atoms with E-state index in [0.29, 0.717) is 54.5 Å². The van der Waals surface area contributed by atoms with Gasteiger partial charge in [-0.3, -0.25) is 20.4 Å². The molecule has 2 aromatic heterocycles. The number of piperazine rings is 1. The van der Waals surface area contributed by atoms with Crippen molar-refractivity contribution in [2.75, 3.05) is 45.1 Å². The normalized spacial score (nSPS) is 15.4. The summed E-state index contributed by atoms with van der Waals surface area (Å²) in [5.74, 6) is 0.175. The highest BCUT2D eigenvalue weighted by molar-refractivity contribution is 6.31. The number of aromatic amines is 1. The summed E-state index contributed by atoms with van der Waals surface area (Å²) in [5, 5.41) is 12.8. The monoisotopic (exact) mass is 460 g/mol. The van der Waals surface area contributed by atoms with Crippen LogP contribution in [0.3, 0.4) is 0 Å². The average Bonchev–Trinajstić information content (AvgIpc) is 3.20. The third-order valence-electron chi connectivity index (χ3n) is 5.15. The van der Waals surface area contributed by atoms with Gasteiger partial charge in [0.2, 0.25) is 11.9 Å². The van der Waals surface area contributed by atoms with Crippen molar-refractivity contribution in [1.82, 2.24) is 30.2 Å². The number of rotatable bonds is 6. The zero-order chi connectivity index (χ0) is 22.7. The Balaban J connectivity index is 1.50. The molecule has 0 aliphatic carbocycles. The second-order valence-corrected chi connectivity index (χ2v) is 7.74. The molecule has 0 radical (unpaired) electrons. The minimum atomic E-state index is -0.555. The SMILES string of the molecule is CN1CCN(CCNc2nc3nccc(C(=Nc4ccc(F)c(Cl)c4)NO)c3[nH]2)CC1=O. The first kappa shape index (κ1) is 21.9. The summed E-state index contributed by atoms with van der Waals surface area (Å²) in [6.45, 7) is 3.21. The van der Waals surface area contributed by atoms with Gasteiger partial charge in [-0.25, -0.2) is 14.4 Å². The van der Waals surface area contributed by atoms with E-state index >= 15 is 0 Å². The van der Waals surface area contributed by atoms with Gasteiger partial charge < -0.3 is 15.2 Å². The molecular weight excluding hydrogens is 439 g/mol. The lowest BCUT2D eigenvalue weighted by Crippen LogP contribution is -2.49. The maximum absolute atomic E-state index is 13.4. The van der Waals surface area contributed by atoms with Crippen molar-refractivity contribution in [3.8, 4) is 0 Å². The highest BCUT2D eigenvalue weighted by Crippen LogP contribution is 2.23. The van der Waals surface area contributed by atoms with Gasteiger partial charge in [-0.05, 0) is 24.3 Å². The summed E-state index contributed by atoms with van der Waals surface area (Å²) in [6, 6.07) is 5.66. The van der Waals surface area contributed by atoms with E-state index in [-0.39, 0.29) is 16.8 Å². The van der Waals surface area contributed by atoms with Crippen molar-refractivity contribution in [2.45, 2.75) is 0 Å². The first-order valence-electron chi connectivity index (χ1n) is 9.93. The molecule has 1 fully saturated rings. The predicted molar refractivity (Wildman–Crippen MR) is 119 cm³/mol. The molecule has 1 aliphatic heterocycles. The van der Waals surface area contributed by atoms with Crippen molar-refractivity contribution in [3.63, 3.8) is 0 Å². The van der Waals surface area contributed by atoms with Gasteiger partial charge in [-0.2, -0.15) is 4.98 Å². The molecule has 1 amide bonds. The summed E-state index contributed by atoms with van der Waals surface area (Å²) in [6.07, 6.45) is 1.54. The van der Waals surface area contributed by atoms with Crippen LogP contribution in [0.2, 0.25) is 5.02 Å². The first-order valence-corrected chi connectivity index (χ1v) is 10.3. The van der Waals surface area contributed by atoms with E-state index in [1.807, 2.05) is 0 Å². The zero-order valence-corrected chi connectivity index (χ0v) is 18.0. The second kappa shape index (κ2) is 9.47. The number of carbonyl (C=O) groups is 1. The maximum Gasteiger partial charge on any atom is 0.236 e. The fourth-order valence-corrected chi connectivity index (χ4v) is 3.53. The number of benzene rings is 1. The number of pyridine rings is 1. The van der Waals surface area contributed by atoms with Crippen LogP contribution in [0, 0.1) is 5.82 Å². The Morgan fingerprint density at radius 1 is 1.38 bits per heavy atom. The number of nitrogens with zero attached hydrogens (tertiary/aromatic N) is 5. The molecule has 168 valence electrons. The molecule has 32 heavy (non-hydrogen) atoms. The van der Waals surface area contributed by atoms with Crippen LogP contribution in [0.1, 0.15) is 5.56 Å². The summed E-state index contributed by atoms with van der Waals surface area (Å²) in [4.78, 5) is 31.8. The number of aliphatic imine (C=N–C) groups is 1. The van der Waals surface area contributed by atoms with Gasteiger partial charge in [0.25, 0.3) is 0 Å². The molecule has 0 saturated carbocycles. The van der Waals surface area contributed by atoms with Crippen molar-refractivity contribution in [1.29, 1.82) is 0 Å². The van der Waals surface area contributed by atoms with E-state index in [1.54, 1.807) is 24.2 Å². The number of amides is 1. The molecule has 10 nitrogen and oxygen atoms in total. The third-order valence-corrected chi connectivity index (χ3v) is 5.44. The largest absolute Gasteiger partial charge is 0.354 e. The average molecular weight is 461 g/mol. The highest BCUT2D eigenvalue weighted by atomic mass is 35.5. The lowest BCUT2D eigenvalue weighted by Gasteiger charge is -2.31. The molecule has 3 aromatic rings. The number of halogens is 2. The molecule has 0 spiro atoms. The summed E-state index contributed by atoms with van der Waals surface area (Å²) in [5.41, 5.74) is 3.93. The van der Waals surface area contributed by atoms with E-state index in [0.717, 1.165) is 6.54 Å². The molecule has 0 atom stereocenters. The Labute approximate surface area is 188 Å². The lowest BCUT2D eigenvalue weighted by molar-refractivity contribution is -0.134. The standard InChI is InChI=1S/C20H22ClFN8O2/c1-29-8-9-30(11-16(29)31)7-6-24-20-26-17-13(4-5-23-19(17)27-20)18(28-32)25-12-2-3-15(22)14(21)10-12/h2-5,10,32H,6-9,11H2,1H3,(H,25,28)(H2,23,24,26,27). The van der Waals surface area contributed by atoms with E-state index in [2.05, 4.69) is 35.6 Å². The van der Waals surface area contributed by atoms with Gasteiger partial charge in [0.1, 0.15) is 5.82 Å². The molecule has 1 saturated heterocycles. The molecule has 4 N–H and O–H groups in total. The van der Waals surface area contributed by atoms with Gasteiger partial charge in [0, 0.05) is 45.0 Å². The molecular formula is C20H22ClFN8O2. The Morgan fingerprint density at radius 3 is 2.97 bits per heavy atom. The second-order valence-electron chi connectivity index (χ2n) is 7.33. The number of aromatic nitrogens is 3. The van der Waals surface area contributed by atoms with Crippen LogP contribution in [-0.4, -0.2) is 81.5 Å². The fourth-order valence-electron chi connectivity index (χ4n) is 3.35. The van der Waals surface area contributed by atoms with Crippen LogP contribution >= 0.6 is 11.6 Å². The quantitative estimate of drug-likeness (QED) is 0.252. The third kappa shape index (κ3) is 4.79. The number of anilines is 1. The fraction of sp³-hybridized carbons (Fsp3) is 0.300. The molecule has 4 rings (SSSR count). The number of imidazole rings is 1. The minimum absolute atomic E-state index is 0.0708. The highest BCUT2D eigenvalue weighted by Gasteiger charge is 2.20. The van der Waals surface area contributed by atoms with Crippen LogP contribution in [0.25, 0.3) is 11.2 Å². The Morgan fingerprint density at radius 2 is 2.22 bits per heavy atom. The Bertz CT molecular complexity index is 1170. The molecule has 1 aliphatic rings. The van der Waals surface area contributed by atoms with Crippen LogP contribution in [0.4, 0.5) is 16.0 Å². The number of amidine groups is 1. The number of hydrogen-bond acceptors (Lipinski definition) is 7. The number of hydrogen-bond donors (Lipinski definition) is 4. The predicted octanol–water partition coefficient (Wildman–Crippen LogP) is 1.99. The topological polar surface area (TPSA) is 122 Å². The van der Waals surface area contributed by atoms with Crippen molar-refractivity contribution >= 4 is 46.1 Å². The van der Waals surface area contributed by atoms with E-state index in [4.69, 9.17) is 11.6 Å². The van der Waals surface area contributed by atoms with Gasteiger partial charge in [0.15, 0.2) is 11.5 Å². The number of likely N-dealkylation sites (N-methyl/N-ethyl adjacent to an activating group) is 1. The van der Waals surface area contributed by atoms with Gasteiger partial charge in [-0.15, -0.1) is 0 Å². The van der Waals surface area contributed by atoms with Gasteiger partial charge in [0.05, 0.1) is 22.8 Å². The van der Waals surface area contributed by atoms with E-state index < -0.39 is 5.82 Å². The van der Waals surface area contributed by atoms with Crippen molar-refractivity contribution in [2.24, 2.45) is 4.99 Å². The number of H-pyrrole nitrogens is 1. The first-order chi connectivity index (χ1) is 15.4. The number of fused-ring (bicyclic) bond motifs is 1. The Kier molecular flexibility index (Phi) is 6.49. The summed E-state index contributed by atoms with van der Waals surface area (Å²) < 4.78 is 13.4. The lowest BCUT2D eigenvalue weighted by atomic mass is 10.2. The van der Waals surface area contributed by atoms with E-state index in [9.17, 15) is 14.4 Å². The smallest absolute Gasteiger partial charge is 0.236 e. The molecule has 3 heterocycles. The maximum atomic E-state index is 13.4. The van der Waals surface area contributed by atoms with Crippen LogP contribution < -0.4 is 10.8 Å². The van der Waals surface area contributed by atoms with Crippen molar-refractivity contribution in [3.05, 3.63) is 46.9 Å².